The van der Waals surface area contributed by atoms with Crippen molar-refractivity contribution in [2.75, 3.05) is 0 Å². The lowest BCUT2D eigenvalue weighted by atomic mass is 10.1. The summed E-state index contributed by atoms with van der Waals surface area (Å²) in [6, 6.07) is 6.04. The topological polar surface area (TPSA) is 24.1 Å². The van der Waals surface area contributed by atoms with E-state index in [0.717, 1.165) is 5.02 Å². The third kappa shape index (κ3) is 0.644. The Kier molecular flexibility index (Phi) is 0.969. The molecule has 2 bridgehead atoms. The Morgan fingerprint density at radius 3 is 2.64 bits per heavy atom. The number of halogens is 1. The highest BCUT2D eigenvalue weighted by Gasteiger charge is 2.40. The van der Waals surface area contributed by atoms with Gasteiger partial charge in [0, 0.05) is 5.02 Å². The van der Waals surface area contributed by atoms with Crippen molar-refractivity contribution in [1.82, 2.24) is 10.6 Å². The molecule has 4 rings (SSSR count). The largest absolute Gasteiger partial charge is 0.279 e. The van der Waals surface area contributed by atoms with Crippen molar-refractivity contribution in [3.05, 3.63) is 34.3 Å². The third-order valence-electron chi connectivity index (χ3n) is 2.34. The van der Waals surface area contributed by atoms with Gasteiger partial charge < -0.3 is 0 Å². The lowest BCUT2D eigenvalue weighted by Crippen LogP contribution is -2.47. The van der Waals surface area contributed by atoms with E-state index in [2.05, 4.69) is 16.7 Å². The summed E-state index contributed by atoms with van der Waals surface area (Å²) in [5.41, 5.74) is 2.65. The van der Waals surface area contributed by atoms with Crippen molar-refractivity contribution in [3.8, 4) is 0 Å². The fourth-order valence-corrected chi connectivity index (χ4v) is 1.93. The molecule has 1 fully saturated rings. The van der Waals surface area contributed by atoms with Gasteiger partial charge in [-0.25, -0.2) is 0 Å². The van der Waals surface area contributed by atoms with Crippen molar-refractivity contribution >= 4 is 11.6 Å². The van der Waals surface area contributed by atoms with E-state index >= 15 is 0 Å². The highest BCUT2D eigenvalue weighted by atomic mass is 35.5. The molecule has 0 spiro atoms. The Hall–Kier alpha value is -0.570. The van der Waals surface area contributed by atoms with Crippen molar-refractivity contribution in [1.29, 1.82) is 0 Å². The van der Waals surface area contributed by atoms with Crippen molar-refractivity contribution in [2.24, 2.45) is 0 Å². The van der Waals surface area contributed by atoms with Gasteiger partial charge in [-0.05, 0) is 23.3 Å². The summed E-state index contributed by atoms with van der Waals surface area (Å²) in [4.78, 5) is 0. The minimum atomic E-state index is 0.355. The monoisotopic (exact) mass is 166 g/mol. The van der Waals surface area contributed by atoms with Gasteiger partial charge in [0.25, 0.3) is 0 Å². The van der Waals surface area contributed by atoms with Gasteiger partial charge >= 0.3 is 0 Å². The highest BCUT2D eigenvalue weighted by Crippen LogP contribution is 2.40. The standard InChI is InChI=1S/C8H7ClN2/c9-4-1-2-5-6(3-4)8-10-7(5)11-8/h1-3,7-8,10-11H. The molecule has 11 heavy (non-hydrogen) atoms. The molecule has 0 aliphatic carbocycles. The van der Waals surface area contributed by atoms with Gasteiger partial charge in [0.15, 0.2) is 0 Å². The van der Waals surface area contributed by atoms with Crippen LogP contribution in [0, 0.1) is 0 Å². The SMILES string of the molecule is Clc1ccc2c(c1)C1NC2N1. The van der Waals surface area contributed by atoms with Gasteiger partial charge in [-0.2, -0.15) is 0 Å². The summed E-state index contributed by atoms with van der Waals surface area (Å²) in [7, 11) is 0. The van der Waals surface area contributed by atoms with Crippen LogP contribution in [0.2, 0.25) is 5.02 Å². The zero-order valence-electron chi connectivity index (χ0n) is 5.76. The highest BCUT2D eigenvalue weighted by molar-refractivity contribution is 6.30. The molecule has 3 heteroatoms. The van der Waals surface area contributed by atoms with Crippen LogP contribution in [-0.4, -0.2) is 0 Å². The van der Waals surface area contributed by atoms with Crippen LogP contribution in [0.5, 0.6) is 0 Å². The number of nitrogens with one attached hydrogen (secondary N) is 2. The zero-order valence-corrected chi connectivity index (χ0v) is 6.52. The molecule has 3 aliphatic heterocycles. The average Bonchev–Trinajstić information content (AvgIpc) is 2.36. The van der Waals surface area contributed by atoms with E-state index in [9.17, 15) is 0 Å². The molecule has 1 saturated heterocycles. The van der Waals surface area contributed by atoms with Gasteiger partial charge in [0.05, 0.1) is 12.3 Å². The van der Waals surface area contributed by atoms with Gasteiger partial charge in [0.2, 0.25) is 0 Å². The molecule has 3 heterocycles. The Balaban J connectivity index is 2.24. The summed E-state index contributed by atoms with van der Waals surface area (Å²) in [5.74, 6) is 0. The molecule has 1 aromatic carbocycles. The molecule has 0 amide bonds. The second-order valence-electron chi connectivity index (χ2n) is 2.97. The van der Waals surface area contributed by atoms with Crippen LogP contribution >= 0.6 is 11.6 Å². The lowest BCUT2D eigenvalue weighted by Gasteiger charge is -2.28. The van der Waals surface area contributed by atoms with Gasteiger partial charge in [0.1, 0.15) is 0 Å². The Bertz CT molecular complexity index is 318. The molecule has 0 aromatic heterocycles. The second kappa shape index (κ2) is 1.78. The normalized spacial score (nSPS) is 31.4. The first-order valence-electron chi connectivity index (χ1n) is 3.66. The first kappa shape index (κ1) is 6.00. The molecule has 0 saturated carbocycles. The van der Waals surface area contributed by atoms with Gasteiger partial charge in [-0.15, -0.1) is 0 Å². The van der Waals surface area contributed by atoms with Crippen LogP contribution < -0.4 is 10.6 Å². The Morgan fingerprint density at radius 1 is 1.09 bits per heavy atom. The zero-order chi connectivity index (χ0) is 7.42. The smallest absolute Gasteiger partial charge is 0.0868 e. The Morgan fingerprint density at radius 2 is 1.82 bits per heavy atom. The molecule has 0 unspecified atom stereocenters. The number of rotatable bonds is 0. The Labute approximate surface area is 69.6 Å². The molecule has 0 radical (unpaired) electrons. The van der Waals surface area contributed by atoms with Gasteiger partial charge in [-0.3, -0.25) is 10.6 Å². The van der Waals surface area contributed by atoms with Crippen LogP contribution in [0.3, 0.4) is 0 Å². The molecular formula is C8H7ClN2. The number of benzene rings is 1. The lowest BCUT2D eigenvalue weighted by molar-refractivity contribution is 0.248. The quantitative estimate of drug-likeness (QED) is 0.611. The van der Waals surface area contributed by atoms with Crippen molar-refractivity contribution in [2.45, 2.75) is 12.3 Å². The summed E-state index contributed by atoms with van der Waals surface area (Å²) >= 11 is 5.85. The molecule has 0 atom stereocenters. The summed E-state index contributed by atoms with van der Waals surface area (Å²) in [6.45, 7) is 0. The summed E-state index contributed by atoms with van der Waals surface area (Å²) in [5, 5.41) is 7.50. The van der Waals surface area contributed by atoms with E-state index in [1.54, 1.807) is 0 Å². The average molecular weight is 167 g/mol. The van der Waals surface area contributed by atoms with Crippen LogP contribution in [0.25, 0.3) is 0 Å². The van der Waals surface area contributed by atoms with E-state index in [-0.39, 0.29) is 0 Å². The third-order valence-corrected chi connectivity index (χ3v) is 2.57. The van der Waals surface area contributed by atoms with E-state index in [1.807, 2.05) is 12.1 Å². The second-order valence-corrected chi connectivity index (χ2v) is 3.41. The summed E-state index contributed by atoms with van der Waals surface area (Å²) < 4.78 is 0. The number of hydrogen-bond donors (Lipinski definition) is 2. The van der Waals surface area contributed by atoms with Gasteiger partial charge in [-0.1, -0.05) is 17.7 Å². The molecule has 3 aliphatic rings. The maximum absolute atomic E-state index is 5.85. The fourth-order valence-electron chi connectivity index (χ4n) is 1.75. The molecule has 56 valence electrons. The molecule has 2 nitrogen and oxygen atoms in total. The van der Waals surface area contributed by atoms with Crippen molar-refractivity contribution < 1.29 is 0 Å². The van der Waals surface area contributed by atoms with Crippen molar-refractivity contribution in [3.63, 3.8) is 0 Å². The van der Waals surface area contributed by atoms with E-state index in [0.29, 0.717) is 12.3 Å². The maximum Gasteiger partial charge on any atom is 0.0868 e. The van der Waals surface area contributed by atoms with E-state index < -0.39 is 0 Å². The summed E-state index contributed by atoms with van der Waals surface area (Å²) in [6.07, 6.45) is 0.737. The maximum atomic E-state index is 5.85. The first-order valence-corrected chi connectivity index (χ1v) is 4.04. The first-order chi connectivity index (χ1) is 5.34. The van der Waals surface area contributed by atoms with E-state index in [4.69, 9.17) is 11.6 Å². The predicted molar refractivity (Wildman–Crippen MR) is 43.2 cm³/mol. The number of hydrogen-bond acceptors (Lipinski definition) is 2. The molecular weight excluding hydrogens is 160 g/mol. The van der Waals surface area contributed by atoms with Crippen LogP contribution in [-0.2, 0) is 0 Å². The molecule has 2 N–H and O–H groups in total. The minimum absolute atomic E-state index is 0.355. The van der Waals surface area contributed by atoms with Crippen LogP contribution in [0.4, 0.5) is 0 Å². The predicted octanol–water partition coefficient (Wildman–Crippen LogP) is 1.54. The fraction of sp³-hybridized carbons (Fsp3) is 0.250. The minimum Gasteiger partial charge on any atom is -0.279 e. The van der Waals surface area contributed by atoms with Crippen LogP contribution in [0.1, 0.15) is 23.5 Å². The van der Waals surface area contributed by atoms with Crippen LogP contribution in [0.15, 0.2) is 18.2 Å². The molecule has 1 aromatic rings. The van der Waals surface area contributed by atoms with E-state index in [1.165, 1.54) is 11.1 Å².